The van der Waals surface area contributed by atoms with Crippen LogP contribution in [0.1, 0.15) is 37.8 Å². The second-order valence-electron chi connectivity index (χ2n) is 5.96. The van der Waals surface area contributed by atoms with Crippen LogP contribution in [0.2, 0.25) is 0 Å². The molecule has 0 radical (unpaired) electrons. The lowest BCUT2D eigenvalue weighted by molar-refractivity contribution is -0.136. The van der Waals surface area contributed by atoms with E-state index in [-0.39, 0.29) is 25.0 Å². The largest absolute Gasteiger partial charge is 0.496 e. The fraction of sp³-hybridized carbons (Fsp3) is 0.529. The van der Waals surface area contributed by atoms with Gasteiger partial charge in [0, 0.05) is 18.7 Å². The average molecular weight is 320 g/mol. The maximum atomic E-state index is 12.5. The fourth-order valence-corrected chi connectivity index (χ4v) is 3.00. The Balaban J connectivity index is 2.15. The molecule has 2 N–H and O–H groups in total. The molecule has 0 aromatic heterocycles. The third kappa shape index (κ3) is 4.37. The number of benzene rings is 1. The summed E-state index contributed by atoms with van der Waals surface area (Å²) in [5.41, 5.74) is 0.995. The first-order valence-electron chi connectivity index (χ1n) is 7.92. The van der Waals surface area contributed by atoms with E-state index in [1.54, 1.807) is 12.0 Å². The highest BCUT2D eigenvalue weighted by molar-refractivity contribution is 5.76. The molecular formula is C17H24N2O4. The zero-order chi connectivity index (χ0) is 16.8. The van der Waals surface area contributed by atoms with Gasteiger partial charge < -0.3 is 20.1 Å². The Kier molecular flexibility index (Phi) is 5.84. The van der Waals surface area contributed by atoms with Crippen LogP contribution in [-0.2, 0) is 4.79 Å². The molecule has 2 amide bonds. The standard InChI is InChI=1S/C17H24N2O4/c1-12-8-10-19(17(22)18-9-7-16(20)21)14(11-12)13-5-3-4-6-15(13)23-2/h3-6,12,14H,7-11H2,1-2H3,(H,18,22)(H,20,21)/t12-,14+/m0/s1. The van der Waals surface area contributed by atoms with E-state index in [1.807, 2.05) is 24.3 Å². The van der Waals surface area contributed by atoms with Crippen molar-refractivity contribution in [2.24, 2.45) is 5.92 Å². The van der Waals surface area contributed by atoms with E-state index in [0.29, 0.717) is 12.5 Å². The smallest absolute Gasteiger partial charge is 0.317 e. The Labute approximate surface area is 136 Å². The van der Waals surface area contributed by atoms with Crippen LogP contribution in [-0.4, -0.2) is 42.2 Å². The third-order valence-corrected chi connectivity index (χ3v) is 4.24. The lowest BCUT2D eigenvalue weighted by Crippen LogP contribution is -2.46. The highest BCUT2D eigenvalue weighted by atomic mass is 16.5. The van der Waals surface area contributed by atoms with Crippen LogP contribution in [0.25, 0.3) is 0 Å². The maximum absolute atomic E-state index is 12.5. The summed E-state index contributed by atoms with van der Waals surface area (Å²) in [4.78, 5) is 24.8. The van der Waals surface area contributed by atoms with E-state index >= 15 is 0 Å². The van der Waals surface area contributed by atoms with Crippen LogP contribution in [0.4, 0.5) is 4.79 Å². The van der Waals surface area contributed by atoms with Gasteiger partial charge in [0.2, 0.25) is 0 Å². The molecule has 0 unspecified atom stereocenters. The minimum absolute atomic E-state index is 0.0558. The number of carboxylic acid groups (broad SMARTS) is 1. The molecule has 1 aromatic rings. The van der Waals surface area contributed by atoms with Crippen LogP contribution in [0.15, 0.2) is 24.3 Å². The van der Waals surface area contributed by atoms with Gasteiger partial charge in [0.1, 0.15) is 5.75 Å². The summed E-state index contributed by atoms with van der Waals surface area (Å²) in [5.74, 6) is 0.377. The highest BCUT2D eigenvalue weighted by Gasteiger charge is 2.32. The van der Waals surface area contributed by atoms with Crippen molar-refractivity contribution in [3.63, 3.8) is 0 Å². The number of nitrogens with one attached hydrogen (secondary N) is 1. The van der Waals surface area contributed by atoms with E-state index in [0.717, 1.165) is 24.2 Å². The summed E-state index contributed by atoms with van der Waals surface area (Å²) in [7, 11) is 1.63. The van der Waals surface area contributed by atoms with Gasteiger partial charge in [0.15, 0.2) is 0 Å². The number of ether oxygens (including phenoxy) is 1. The number of para-hydroxylation sites is 1. The molecule has 1 fully saturated rings. The number of urea groups is 1. The van der Waals surface area contributed by atoms with Crippen LogP contribution in [0, 0.1) is 5.92 Å². The number of hydrogen-bond acceptors (Lipinski definition) is 3. The molecule has 126 valence electrons. The van der Waals surface area contributed by atoms with Gasteiger partial charge in [-0.15, -0.1) is 0 Å². The molecule has 1 aromatic carbocycles. The quantitative estimate of drug-likeness (QED) is 0.874. The zero-order valence-corrected chi connectivity index (χ0v) is 13.6. The number of carboxylic acids is 1. The first-order valence-corrected chi connectivity index (χ1v) is 7.92. The van der Waals surface area contributed by atoms with E-state index in [1.165, 1.54) is 0 Å². The molecule has 23 heavy (non-hydrogen) atoms. The second kappa shape index (κ2) is 7.85. The normalized spacial score (nSPS) is 20.9. The number of nitrogens with zero attached hydrogens (tertiary/aromatic N) is 1. The number of piperidine rings is 1. The minimum Gasteiger partial charge on any atom is -0.496 e. The summed E-state index contributed by atoms with van der Waals surface area (Å²) in [5, 5.41) is 11.4. The predicted octanol–water partition coefficient (Wildman–Crippen LogP) is 2.65. The number of aliphatic carboxylic acids is 1. The first-order chi connectivity index (χ1) is 11.0. The summed E-state index contributed by atoms with van der Waals surface area (Å²) in [6.45, 7) is 2.98. The Morgan fingerprint density at radius 2 is 2.13 bits per heavy atom. The topological polar surface area (TPSA) is 78.9 Å². The van der Waals surface area contributed by atoms with Gasteiger partial charge in [-0.25, -0.2) is 4.79 Å². The van der Waals surface area contributed by atoms with Crippen molar-refractivity contribution in [1.82, 2.24) is 10.2 Å². The molecule has 0 spiro atoms. The number of hydrogen-bond donors (Lipinski definition) is 2. The molecule has 2 atom stereocenters. The first kappa shape index (κ1) is 17.1. The Bertz CT molecular complexity index is 561. The molecule has 0 saturated carbocycles. The molecule has 1 saturated heterocycles. The van der Waals surface area contributed by atoms with Crippen LogP contribution < -0.4 is 10.1 Å². The molecular weight excluding hydrogens is 296 g/mol. The Morgan fingerprint density at radius 1 is 1.39 bits per heavy atom. The van der Waals surface area contributed by atoms with Crippen molar-refractivity contribution in [3.8, 4) is 5.75 Å². The van der Waals surface area contributed by atoms with Gasteiger partial charge in [0.25, 0.3) is 0 Å². The van der Waals surface area contributed by atoms with Gasteiger partial charge >= 0.3 is 12.0 Å². The molecule has 1 heterocycles. The number of methoxy groups -OCH3 is 1. The Hall–Kier alpha value is -2.24. The van der Waals surface area contributed by atoms with Crippen LogP contribution in [0.3, 0.4) is 0 Å². The summed E-state index contributed by atoms with van der Waals surface area (Å²) < 4.78 is 5.44. The molecule has 2 rings (SSSR count). The molecule has 1 aliphatic heterocycles. The van der Waals surface area contributed by atoms with E-state index in [9.17, 15) is 9.59 Å². The van der Waals surface area contributed by atoms with Gasteiger partial charge in [-0.1, -0.05) is 25.1 Å². The second-order valence-corrected chi connectivity index (χ2v) is 5.96. The van der Waals surface area contributed by atoms with Gasteiger partial charge in [0.05, 0.1) is 19.6 Å². The van der Waals surface area contributed by atoms with E-state index in [2.05, 4.69) is 12.2 Å². The van der Waals surface area contributed by atoms with Crippen LogP contribution in [0.5, 0.6) is 5.75 Å². The zero-order valence-electron chi connectivity index (χ0n) is 13.6. The van der Waals surface area contributed by atoms with Crippen molar-refractivity contribution in [2.45, 2.75) is 32.2 Å². The molecule has 0 aliphatic carbocycles. The van der Waals surface area contributed by atoms with Crippen LogP contribution >= 0.6 is 0 Å². The lowest BCUT2D eigenvalue weighted by Gasteiger charge is -2.39. The third-order valence-electron chi connectivity index (χ3n) is 4.24. The molecule has 0 bridgehead atoms. The summed E-state index contributed by atoms with van der Waals surface area (Å²) >= 11 is 0. The summed E-state index contributed by atoms with van der Waals surface area (Å²) in [6, 6.07) is 7.46. The maximum Gasteiger partial charge on any atom is 0.317 e. The number of carbonyl (C=O) groups excluding carboxylic acids is 1. The average Bonchev–Trinajstić information content (AvgIpc) is 2.54. The van der Waals surface area contributed by atoms with Crippen molar-refractivity contribution in [1.29, 1.82) is 0 Å². The predicted molar refractivity (Wildman–Crippen MR) is 86.5 cm³/mol. The van der Waals surface area contributed by atoms with Crippen molar-refractivity contribution < 1.29 is 19.4 Å². The van der Waals surface area contributed by atoms with Gasteiger partial charge in [-0.2, -0.15) is 0 Å². The highest BCUT2D eigenvalue weighted by Crippen LogP contribution is 2.38. The van der Waals surface area contributed by atoms with Gasteiger partial charge in [-0.3, -0.25) is 4.79 Å². The van der Waals surface area contributed by atoms with Crippen molar-refractivity contribution in [2.75, 3.05) is 20.2 Å². The number of carbonyl (C=O) groups is 2. The molecule has 6 nitrogen and oxygen atoms in total. The van der Waals surface area contributed by atoms with E-state index < -0.39 is 5.97 Å². The number of rotatable bonds is 5. The van der Waals surface area contributed by atoms with E-state index in [4.69, 9.17) is 9.84 Å². The minimum atomic E-state index is -0.918. The molecule has 6 heteroatoms. The lowest BCUT2D eigenvalue weighted by atomic mass is 9.88. The van der Waals surface area contributed by atoms with Crippen molar-refractivity contribution in [3.05, 3.63) is 29.8 Å². The Morgan fingerprint density at radius 3 is 2.83 bits per heavy atom. The van der Waals surface area contributed by atoms with Gasteiger partial charge in [-0.05, 0) is 24.8 Å². The number of likely N-dealkylation sites (tertiary alicyclic amines) is 1. The SMILES string of the molecule is COc1ccccc1[C@H]1C[C@@H](C)CCN1C(=O)NCCC(=O)O. The monoisotopic (exact) mass is 320 g/mol. The molecule has 1 aliphatic rings. The van der Waals surface area contributed by atoms with Crippen molar-refractivity contribution >= 4 is 12.0 Å². The summed E-state index contributed by atoms with van der Waals surface area (Å²) in [6.07, 6.45) is 1.74. The fourth-order valence-electron chi connectivity index (χ4n) is 3.00. The number of amides is 2.